The molecule has 0 aliphatic carbocycles. The molecule has 1 unspecified atom stereocenters. The van der Waals surface area contributed by atoms with Gasteiger partial charge < -0.3 is 9.87 Å². The summed E-state index contributed by atoms with van der Waals surface area (Å²) in [7, 11) is 0. The highest BCUT2D eigenvalue weighted by Gasteiger charge is 2.14. The van der Waals surface area contributed by atoms with Gasteiger partial charge in [-0.25, -0.2) is 0 Å². The minimum atomic E-state index is -2.10. The summed E-state index contributed by atoms with van der Waals surface area (Å²) >= 11 is -2.10. The van der Waals surface area contributed by atoms with E-state index in [2.05, 4.69) is 5.32 Å². The van der Waals surface area contributed by atoms with Gasteiger partial charge in [0, 0.05) is 4.90 Å². The highest BCUT2D eigenvalue weighted by molar-refractivity contribution is 7.79. The van der Waals surface area contributed by atoms with Crippen LogP contribution in [0.2, 0.25) is 0 Å². The number of nitrogens with one attached hydrogen (secondary N) is 1. The molecule has 1 heterocycles. The maximum atomic E-state index is 10.7. The Morgan fingerprint density at radius 3 is 2.33 bits per heavy atom. The van der Waals surface area contributed by atoms with Gasteiger partial charge in [-0.15, -0.1) is 0 Å². The summed E-state index contributed by atoms with van der Waals surface area (Å²) in [6, 6.07) is 7.23. The van der Waals surface area contributed by atoms with Gasteiger partial charge in [-0.1, -0.05) is 12.1 Å². The Kier molecular flexibility index (Phi) is 3.51. The van der Waals surface area contributed by atoms with E-state index >= 15 is 0 Å². The first-order valence-corrected chi connectivity index (χ1v) is 6.25. The molecule has 1 aliphatic rings. The molecule has 0 bridgehead atoms. The first-order valence-electron chi connectivity index (χ1n) is 5.17. The molecular weight excluding hydrogens is 210 g/mol. The Balaban J connectivity index is 2.11. The van der Waals surface area contributed by atoms with Gasteiger partial charge in [0.25, 0.3) is 0 Å². The van der Waals surface area contributed by atoms with Gasteiger partial charge in [-0.2, -0.15) is 0 Å². The molecule has 1 fully saturated rings. The molecule has 0 radical (unpaired) electrons. The third-order valence-electron chi connectivity index (χ3n) is 2.88. The van der Waals surface area contributed by atoms with Gasteiger partial charge >= 0.3 is 0 Å². The second-order valence-corrected chi connectivity index (χ2v) is 4.77. The Labute approximate surface area is 92.2 Å². The van der Waals surface area contributed by atoms with Crippen LogP contribution in [0.4, 0.5) is 0 Å². The summed E-state index contributed by atoms with van der Waals surface area (Å²) in [6.45, 7) is 2.11. The molecule has 0 saturated carbocycles. The fraction of sp³-hybridized carbons (Fsp3) is 0.455. The number of hydrogen-bond acceptors (Lipinski definition) is 3. The van der Waals surface area contributed by atoms with Crippen LogP contribution in [-0.4, -0.2) is 21.9 Å². The third-order valence-corrected chi connectivity index (χ3v) is 3.54. The molecule has 1 N–H and O–H groups in total. The van der Waals surface area contributed by atoms with E-state index in [0.29, 0.717) is 10.8 Å². The molecule has 1 aromatic rings. The summed E-state index contributed by atoms with van der Waals surface area (Å²) in [5.41, 5.74) is 1.26. The highest BCUT2D eigenvalue weighted by atomic mass is 32.2. The van der Waals surface area contributed by atoms with Crippen LogP contribution in [0.1, 0.15) is 24.3 Å². The maximum absolute atomic E-state index is 10.7. The first kappa shape index (κ1) is 10.8. The minimum Gasteiger partial charge on any atom is -0.768 e. The Morgan fingerprint density at radius 2 is 1.80 bits per heavy atom. The molecule has 1 saturated heterocycles. The lowest BCUT2D eigenvalue weighted by atomic mass is 9.90. The van der Waals surface area contributed by atoms with Crippen molar-refractivity contribution >= 4 is 11.1 Å². The van der Waals surface area contributed by atoms with Crippen molar-refractivity contribution in [3.63, 3.8) is 0 Å². The van der Waals surface area contributed by atoms with E-state index in [0.717, 1.165) is 25.9 Å². The van der Waals surface area contributed by atoms with Crippen LogP contribution >= 0.6 is 0 Å². The van der Waals surface area contributed by atoms with Gasteiger partial charge in [0.2, 0.25) is 0 Å². The second-order valence-electron chi connectivity index (χ2n) is 3.83. The summed E-state index contributed by atoms with van der Waals surface area (Å²) in [5, 5.41) is 3.32. The number of benzene rings is 1. The zero-order valence-corrected chi connectivity index (χ0v) is 9.26. The van der Waals surface area contributed by atoms with E-state index in [1.807, 2.05) is 12.1 Å². The molecular formula is C11H14NO2S-. The van der Waals surface area contributed by atoms with Crippen molar-refractivity contribution in [2.24, 2.45) is 0 Å². The molecule has 82 valence electrons. The lowest BCUT2D eigenvalue weighted by molar-refractivity contribution is 0.460. The zero-order valence-electron chi connectivity index (χ0n) is 8.44. The summed E-state index contributed by atoms with van der Waals surface area (Å²) in [5.74, 6) is 0.584. The first-order chi connectivity index (χ1) is 7.27. The maximum Gasteiger partial charge on any atom is 0.0248 e. The smallest absolute Gasteiger partial charge is 0.0248 e. The van der Waals surface area contributed by atoms with Crippen molar-refractivity contribution in [1.82, 2.24) is 5.32 Å². The standard InChI is InChI=1S/C11H15NO2S/c13-15(14)11-3-1-9(2-4-11)10-5-7-12-8-6-10/h1-4,10,12H,5-8H2,(H,13,14)/p-1. The van der Waals surface area contributed by atoms with Gasteiger partial charge in [-0.05, 0) is 60.6 Å². The van der Waals surface area contributed by atoms with Crippen molar-refractivity contribution in [2.45, 2.75) is 23.7 Å². The Bertz CT molecular complexity index is 344. The van der Waals surface area contributed by atoms with Crippen LogP contribution in [0.5, 0.6) is 0 Å². The molecule has 0 aromatic heterocycles. The highest BCUT2D eigenvalue weighted by Crippen LogP contribution is 2.25. The van der Waals surface area contributed by atoms with E-state index in [-0.39, 0.29) is 0 Å². The molecule has 0 spiro atoms. The van der Waals surface area contributed by atoms with Crippen LogP contribution in [0, 0.1) is 0 Å². The number of piperidine rings is 1. The largest absolute Gasteiger partial charge is 0.768 e. The minimum absolute atomic E-state index is 0.368. The quantitative estimate of drug-likeness (QED) is 0.772. The molecule has 0 amide bonds. The normalized spacial score (nSPS) is 20.1. The summed E-state index contributed by atoms with van der Waals surface area (Å²) < 4.78 is 21.4. The monoisotopic (exact) mass is 224 g/mol. The SMILES string of the molecule is O=S([O-])c1ccc(C2CCNCC2)cc1. The van der Waals surface area contributed by atoms with Crippen molar-refractivity contribution in [2.75, 3.05) is 13.1 Å². The van der Waals surface area contributed by atoms with Gasteiger partial charge in [0.05, 0.1) is 0 Å². The molecule has 1 aromatic carbocycles. The van der Waals surface area contributed by atoms with Crippen molar-refractivity contribution in [1.29, 1.82) is 0 Å². The van der Waals surface area contributed by atoms with E-state index in [4.69, 9.17) is 0 Å². The Morgan fingerprint density at radius 1 is 1.20 bits per heavy atom. The molecule has 1 atom stereocenters. The molecule has 15 heavy (non-hydrogen) atoms. The number of rotatable bonds is 2. The fourth-order valence-corrected chi connectivity index (χ4v) is 2.36. The van der Waals surface area contributed by atoms with Crippen molar-refractivity contribution in [3.8, 4) is 0 Å². The average molecular weight is 224 g/mol. The van der Waals surface area contributed by atoms with E-state index in [1.165, 1.54) is 5.56 Å². The van der Waals surface area contributed by atoms with Crippen LogP contribution < -0.4 is 5.32 Å². The third kappa shape index (κ3) is 2.65. The van der Waals surface area contributed by atoms with Gasteiger partial charge in [-0.3, -0.25) is 4.21 Å². The van der Waals surface area contributed by atoms with E-state index < -0.39 is 11.1 Å². The topological polar surface area (TPSA) is 52.2 Å². The predicted octanol–water partition coefficient (Wildman–Crippen LogP) is 1.39. The molecule has 2 rings (SSSR count). The van der Waals surface area contributed by atoms with Gasteiger partial charge in [0.15, 0.2) is 0 Å². The van der Waals surface area contributed by atoms with E-state index in [9.17, 15) is 8.76 Å². The number of hydrogen-bond donors (Lipinski definition) is 1. The average Bonchev–Trinajstić information content (AvgIpc) is 2.30. The fourth-order valence-electron chi connectivity index (χ4n) is 2.01. The predicted molar refractivity (Wildman–Crippen MR) is 58.5 cm³/mol. The molecule has 1 aliphatic heterocycles. The molecule has 4 heteroatoms. The van der Waals surface area contributed by atoms with Crippen molar-refractivity contribution < 1.29 is 8.76 Å². The van der Waals surface area contributed by atoms with Crippen LogP contribution in [0.25, 0.3) is 0 Å². The van der Waals surface area contributed by atoms with Crippen LogP contribution in [-0.2, 0) is 11.1 Å². The zero-order chi connectivity index (χ0) is 10.7. The van der Waals surface area contributed by atoms with Gasteiger partial charge in [0.1, 0.15) is 0 Å². The second kappa shape index (κ2) is 4.88. The molecule has 3 nitrogen and oxygen atoms in total. The lowest BCUT2D eigenvalue weighted by Gasteiger charge is -2.23. The summed E-state index contributed by atoms with van der Waals surface area (Å²) in [6.07, 6.45) is 2.28. The van der Waals surface area contributed by atoms with Crippen LogP contribution in [0.3, 0.4) is 0 Å². The van der Waals surface area contributed by atoms with Crippen LogP contribution in [0.15, 0.2) is 29.2 Å². The summed E-state index contributed by atoms with van der Waals surface area (Å²) in [4.78, 5) is 0.368. The van der Waals surface area contributed by atoms with E-state index in [1.54, 1.807) is 12.1 Å². The Hall–Kier alpha value is -0.710. The lowest BCUT2D eigenvalue weighted by Crippen LogP contribution is -2.26. The van der Waals surface area contributed by atoms with Crippen molar-refractivity contribution in [3.05, 3.63) is 29.8 Å².